The highest BCUT2D eigenvalue weighted by Crippen LogP contribution is 2.12. The zero-order valence-electron chi connectivity index (χ0n) is 6.11. The van der Waals surface area contributed by atoms with Crippen molar-refractivity contribution < 1.29 is 0 Å². The number of aromatic amines is 1. The third-order valence-corrected chi connectivity index (χ3v) is 1.93. The molecule has 0 unspecified atom stereocenters. The van der Waals surface area contributed by atoms with Gasteiger partial charge in [-0.05, 0) is 18.2 Å². The molecule has 0 saturated heterocycles. The van der Waals surface area contributed by atoms with Crippen LogP contribution in [0.15, 0.2) is 34.1 Å². The number of hydrogen-bond acceptors (Lipinski definition) is 3. The van der Waals surface area contributed by atoms with E-state index < -0.39 is 0 Å². The maximum atomic E-state index is 11.1. The third-order valence-electron chi connectivity index (χ3n) is 1.65. The molecular weight excluding hydrogens is 172 g/mol. The molecule has 0 saturated carbocycles. The first-order valence-corrected chi connectivity index (χ1v) is 3.88. The average molecular weight is 178 g/mol. The minimum atomic E-state index is -0.166. The Morgan fingerprint density at radius 1 is 1.42 bits per heavy atom. The molecule has 60 valence electrons. The van der Waals surface area contributed by atoms with Crippen LogP contribution < -0.4 is 5.56 Å². The SMILES string of the molecule is O=c1[nH]ncc2cc(S)ccc12. The highest BCUT2D eigenvalue weighted by molar-refractivity contribution is 7.80. The van der Waals surface area contributed by atoms with Gasteiger partial charge in [0.2, 0.25) is 0 Å². The van der Waals surface area contributed by atoms with Gasteiger partial charge in [-0.3, -0.25) is 4.79 Å². The molecule has 0 fully saturated rings. The van der Waals surface area contributed by atoms with E-state index in [0.717, 1.165) is 10.3 Å². The first-order valence-electron chi connectivity index (χ1n) is 3.44. The number of aromatic nitrogens is 2. The Morgan fingerprint density at radius 3 is 3.08 bits per heavy atom. The van der Waals surface area contributed by atoms with E-state index in [0.29, 0.717) is 5.39 Å². The number of fused-ring (bicyclic) bond motifs is 1. The van der Waals surface area contributed by atoms with Crippen LogP contribution in [0.2, 0.25) is 0 Å². The summed E-state index contributed by atoms with van der Waals surface area (Å²) in [5.74, 6) is 0. The van der Waals surface area contributed by atoms with Crippen LogP contribution in [0, 0.1) is 0 Å². The summed E-state index contributed by atoms with van der Waals surface area (Å²) in [5.41, 5.74) is -0.166. The summed E-state index contributed by atoms with van der Waals surface area (Å²) in [6, 6.07) is 5.32. The minimum Gasteiger partial charge on any atom is -0.267 e. The van der Waals surface area contributed by atoms with Gasteiger partial charge < -0.3 is 0 Å². The number of H-pyrrole nitrogens is 1. The zero-order chi connectivity index (χ0) is 8.55. The summed E-state index contributed by atoms with van der Waals surface area (Å²) in [4.78, 5) is 12.0. The van der Waals surface area contributed by atoms with Crippen LogP contribution >= 0.6 is 12.6 Å². The Bertz CT molecular complexity index is 478. The van der Waals surface area contributed by atoms with Crippen LogP contribution in [0.5, 0.6) is 0 Å². The summed E-state index contributed by atoms with van der Waals surface area (Å²) in [6.07, 6.45) is 1.61. The van der Waals surface area contributed by atoms with Gasteiger partial charge in [0.1, 0.15) is 0 Å². The molecule has 3 nitrogen and oxygen atoms in total. The van der Waals surface area contributed by atoms with E-state index in [1.807, 2.05) is 0 Å². The molecule has 1 aromatic carbocycles. The monoisotopic (exact) mass is 178 g/mol. The van der Waals surface area contributed by atoms with Gasteiger partial charge in [0.25, 0.3) is 5.56 Å². The normalized spacial score (nSPS) is 10.4. The molecular formula is C8H6N2OS. The second-order valence-electron chi connectivity index (χ2n) is 2.47. The fourth-order valence-electron chi connectivity index (χ4n) is 1.08. The lowest BCUT2D eigenvalue weighted by Gasteiger charge is -1.95. The third kappa shape index (κ3) is 1.10. The number of benzene rings is 1. The van der Waals surface area contributed by atoms with E-state index in [-0.39, 0.29) is 5.56 Å². The van der Waals surface area contributed by atoms with Gasteiger partial charge in [-0.15, -0.1) is 12.6 Å². The molecule has 1 heterocycles. The molecule has 12 heavy (non-hydrogen) atoms. The lowest BCUT2D eigenvalue weighted by atomic mass is 10.2. The van der Waals surface area contributed by atoms with Crippen molar-refractivity contribution in [3.05, 3.63) is 34.7 Å². The molecule has 2 rings (SSSR count). The Hall–Kier alpha value is -1.29. The van der Waals surface area contributed by atoms with Crippen molar-refractivity contribution in [3.63, 3.8) is 0 Å². The van der Waals surface area contributed by atoms with Crippen LogP contribution in [0.1, 0.15) is 0 Å². The topological polar surface area (TPSA) is 45.8 Å². The molecule has 0 spiro atoms. The number of hydrogen-bond donors (Lipinski definition) is 2. The molecule has 1 N–H and O–H groups in total. The first-order chi connectivity index (χ1) is 5.77. The van der Waals surface area contributed by atoms with Crippen LogP contribution in [0.25, 0.3) is 10.8 Å². The van der Waals surface area contributed by atoms with Crippen molar-refractivity contribution in [2.24, 2.45) is 0 Å². The van der Waals surface area contributed by atoms with Gasteiger partial charge in [-0.1, -0.05) is 0 Å². The summed E-state index contributed by atoms with van der Waals surface area (Å²) in [7, 11) is 0. The molecule has 0 aliphatic heterocycles. The van der Waals surface area contributed by atoms with Gasteiger partial charge in [-0.25, -0.2) is 5.10 Å². The van der Waals surface area contributed by atoms with Crippen molar-refractivity contribution in [3.8, 4) is 0 Å². The number of nitrogens with one attached hydrogen (secondary N) is 1. The number of rotatable bonds is 0. The van der Waals surface area contributed by atoms with Gasteiger partial charge >= 0.3 is 0 Å². The molecule has 0 aliphatic carbocycles. The maximum absolute atomic E-state index is 11.1. The summed E-state index contributed by atoms with van der Waals surface area (Å²) in [5, 5.41) is 7.50. The van der Waals surface area contributed by atoms with E-state index in [4.69, 9.17) is 0 Å². The van der Waals surface area contributed by atoms with Crippen molar-refractivity contribution in [1.82, 2.24) is 10.2 Å². The van der Waals surface area contributed by atoms with Crippen molar-refractivity contribution in [2.75, 3.05) is 0 Å². The van der Waals surface area contributed by atoms with Crippen LogP contribution in [-0.4, -0.2) is 10.2 Å². The van der Waals surface area contributed by atoms with Crippen molar-refractivity contribution in [1.29, 1.82) is 0 Å². The smallest absolute Gasteiger partial charge is 0.267 e. The second-order valence-corrected chi connectivity index (χ2v) is 2.99. The molecule has 0 atom stereocenters. The summed E-state index contributed by atoms with van der Waals surface area (Å²) < 4.78 is 0. The fraction of sp³-hybridized carbons (Fsp3) is 0. The van der Waals surface area contributed by atoms with E-state index in [1.165, 1.54) is 0 Å². The molecule has 0 bridgehead atoms. The number of nitrogens with zero attached hydrogens (tertiary/aromatic N) is 1. The second kappa shape index (κ2) is 2.64. The quantitative estimate of drug-likeness (QED) is 0.596. The Balaban J connectivity index is 2.96. The van der Waals surface area contributed by atoms with E-state index in [1.54, 1.807) is 24.4 Å². The van der Waals surface area contributed by atoms with E-state index in [2.05, 4.69) is 22.8 Å². The van der Waals surface area contributed by atoms with Crippen molar-refractivity contribution >= 4 is 23.4 Å². The number of thiol groups is 1. The van der Waals surface area contributed by atoms with Crippen LogP contribution in [0.4, 0.5) is 0 Å². The fourth-order valence-corrected chi connectivity index (χ4v) is 1.30. The van der Waals surface area contributed by atoms with Gasteiger partial charge in [0, 0.05) is 10.3 Å². The standard InChI is InChI=1S/C8H6N2OS/c11-8-7-2-1-6(12)3-5(7)4-9-10-8/h1-4,12H,(H,10,11). The van der Waals surface area contributed by atoms with Crippen LogP contribution in [0.3, 0.4) is 0 Å². The molecule has 0 radical (unpaired) electrons. The minimum absolute atomic E-state index is 0.166. The lowest BCUT2D eigenvalue weighted by Crippen LogP contribution is -2.06. The van der Waals surface area contributed by atoms with Gasteiger partial charge in [-0.2, -0.15) is 5.10 Å². The lowest BCUT2D eigenvalue weighted by molar-refractivity contribution is 1.01. The molecule has 0 aliphatic rings. The predicted octanol–water partition coefficient (Wildman–Crippen LogP) is 1.21. The van der Waals surface area contributed by atoms with Gasteiger partial charge in [0.15, 0.2) is 0 Å². The summed E-state index contributed by atoms with van der Waals surface area (Å²) in [6.45, 7) is 0. The van der Waals surface area contributed by atoms with Crippen LogP contribution in [-0.2, 0) is 0 Å². The van der Waals surface area contributed by atoms with E-state index >= 15 is 0 Å². The highest BCUT2D eigenvalue weighted by Gasteiger charge is 1.96. The Kier molecular flexibility index (Phi) is 1.62. The van der Waals surface area contributed by atoms with Gasteiger partial charge in [0.05, 0.1) is 11.6 Å². The molecule has 0 amide bonds. The molecule has 2 aromatic rings. The molecule has 1 aromatic heterocycles. The van der Waals surface area contributed by atoms with Crippen molar-refractivity contribution in [2.45, 2.75) is 4.90 Å². The summed E-state index contributed by atoms with van der Waals surface area (Å²) >= 11 is 4.15. The zero-order valence-corrected chi connectivity index (χ0v) is 7.01. The Morgan fingerprint density at radius 2 is 2.25 bits per heavy atom. The van der Waals surface area contributed by atoms with E-state index in [9.17, 15) is 4.79 Å². The largest absolute Gasteiger partial charge is 0.272 e. The molecule has 4 heteroatoms. The first kappa shape index (κ1) is 7.36. The average Bonchev–Trinajstić information content (AvgIpc) is 2.04. The maximum Gasteiger partial charge on any atom is 0.272 e. The Labute approximate surface area is 73.8 Å². The highest BCUT2D eigenvalue weighted by atomic mass is 32.1. The predicted molar refractivity (Wildman–Crippen MR) is 49.6 cm³/mol.